The number of methoxy groups -OCH3 is 2. The molecule has 0 spiro atoms. The highest BCUT2D eigenvalue weighted by Crippen LogP contribution is 2.32. The normalized spacial score (nSPS) is 10.5. The van der Waals surface area contributed by atoms with Crippen LogP contribution in [0, 0.1) is 0 Å². The molecule has 0 fully saturated rings. The van der Waals surface area contributed by atoms with Gasteiger partial charge in [0.15, 0.2) is 11.5 Å². The second-order valence-electron chi connectivity index (χ2n) is 3.19. The Labute approximate surface area is 82.9 Å². The Kier molecular flexibility index (Phi) is 2.08. The Morgan fingerprint density at radius 3 is 2.36 bits per heavy atom. The molecule has 1 aromatic heterocycles. The van der Waals surface area contributed by atoms with E-state index in [-0.39, 0.29) is 0 Å². The molecular formula is C11H13NO2. The molecule has 0 atom stereocenters. The summed E-state index contributed by atoms with van der Waals surface area (Å²) in [6.45, 7) is 0. The Morgan fingerprint density at radius 1 is 1.07 bits per heavy atom. The van der Waals surface area contributed by atoms with Crippen LogP contribution < -0.4 is 9.47 Å². The van der Waals surface area contributed by atoms with Crippen LogP contribution in [0.25, 0.3) is 10.9 Å². The van der Waals surface area contributed by atoms with E-state index < -0.39 is 0 Å². The molecule has 0 saturated carbocycles. The lowest BCUT2D eigenvalue weighted by Gasteiger charge is -2.07. The highest BCUT2D eigenvalue weighted by atomic mass is 16.5. The molecule has 3 nitrogen and oxygen atoms in total. The van der Waals surface area contributed by atoms with E-state index in [2.05, 4.69) is 10.6 Å². The predicted molar refractivity (Wildman–Crippen MR) is 56.0 cm³/mol. The molecule has 0 unspecified atom stereocenters. The minimum atomic E-state index is 0.766. The van der Waals surface area contributed by atoms with Gasteiger partial charge in [-0.25, -0.2) is 0 Å². The number of rotatable bonds is 2. The van der Waals surface area contributed by atoms with E-state index in [1.165, 1.54) is 0 Å². The first-order valence-corrected chi connectivity index (χ1v) is 4.43. The van der Waals surface area contributed by atoms with Crippen LogP contribution >= 0.6 is 0 Å². The van der Waals surface area contributed by atoms with Gasteiger partial charge < -0.3 is 14.0 Å². The van der Waals surface area contributed by atoms with Crippen molar-refractivity contribution in [1.82, 2.24) is 4.57 Å². The molecule has 14 heavy (non-hydrogen) atoms. The third-order valence-corrected chi connectivity index (χ3v) is 2.39. The Morgan fingerprint density at radius 2 is 1.71 bits per heavy atom. The topological polar surface area (TPSA) is 23.4 Å². The van der Waals surface area contributed by atoms with E-state index in [4.69, 9.17) is 9.47 Å². The lowest BCUT2D eigenvalue weighted by Crippen LogP contribution is -1.91. The van der Waals surface area contributed by atoms with Crippen molar-refractivity contribution in [3.8, 4) is 11.5 Å². The van der Waals surface area contributed by atoms with Crippen LogP contribution in [0.15, 0.2) is 24.4 Å². The molecular weight excluding hydrogens is 178 g/mol. The van der Waals surface area contributed by atoms with Crippen LogP contribution in [-0.2, 0) is 7.05 Å². The molecule has 74 valence electrons. The highest BCUT2D eigenvalue weighted by molar-refractivity contribution is 5.84. The molecule has 1 heterocycles. The zero-order chi connectivity index (χ0) is 10.1. The number of ether oxygens (including phenoxy) is 2. The van der Waals surface area contributed by atoms with Crippen molar-refractivity contribution in [3.63, 3.8) is 0 Å². The summed E-state index contributed by atoms with van der Waals surface area (Å²) in [6.07, 6.45) is 2.02. The second-order valence-corrected chi connectivity index (χ2v) is 3.19. The van der Waals surface area contributed by atoms with E-state index >= 15 is 0 Å². The maximum atomic E-state index is 5.23. The monoisotopic (exact) mass is 191 g/mol. The van der Waals surface area contributed by atoms with Gasteiger partial charge in [0.25, 0.3) is 0 Å². The van der Waals surface area contributed by atoms with Crippen molar-refractivity contribution in [1.29, 1.82) is 0 Å². The van der Waals surface area contributed by atoms with E-state index in [1.54, 1.807) is 14.2 Å². The van der Waals surface area contributed by atoms with Gasteiger partial charge in [0.2, 0.25) is 0 Å². The molecule has 2 aromatic rings. The summed E-state index contributed by atoms with van der Waals surface area (Å²) in [5, 5.41) is 1.16. The van der Waals surface area contributed by atoms with Gasteiger partial charge in [0, 0.05) is 24.7 Å². The fourth-order valence-electron chi connectivity index (χ4n) is 1.60. The van der Waals surface area contributed by atoms with Crippen LogP contribution in [0.5, 0.6) is 11.5 Å². The van der Waals surface area contributed by atoms with Gasteiger partial charge >= 0.3 is 0 Å². The van der Waals surface area contributed by atoms with Crippen molar-refractivity contribution >= 4 is 10.9 Å². The summed E-state index contributed by atoms with van der Waals surface area (Å²) in [4.78, 5) is 0. The average molecular weight is 191 g/mol. The maximum absolute atomic E-state index is 5.23. The molecule has 0 aliphatic heterocycles. The van der Waals surface area contributed by atoms with Gasteiger partial charge in [-0.1, -0.05) is 0 Å². The Balaban J connectivity index is 2.71. The SMILES string of the molecule is COc1cc2ccn(C)c2cc1OC. The third kappa shape index (κ3) is 1.21. The largest absolute Gasteiger partial charge is 0.493 e. The maximum Gasteiger partial charge on any atom is 0.162 e. The minimum absolute atomic E-state index is 0.766. The lowest BCUT2D eigenvalue weighted by molar-refractivity contribution is 0.355. The van der Waals surface area contributed by atoms with Gasteiger partial charge in [0.05, 0.1) is 19.7 Å². The first-order valence-electron chi connectivity index (χ1n) is 4.43. The third-order valence-electron chi connectivity index (χ3n) is 2.39. The van der Waals surface area contributed by atoms with Gasteiger partial charge in [-0.05, 0) is 12.1 Å². The number of aryl methyl sites for hydroxylation is 1. The first-order chi connectivity index (χ1) is 6.76. The standard InChI is InChI=1S/C11H13NO2/c1-12-5-4-8-6-10(13-2)11(14-3)7-9(8)12/h4-7H,1-3H3. The molecule has 2 rings (SSSR count). The fraction of sp³-hybridized carbons (Fsp3) is 0.273. The molecule has 0 radical (unpaired) electrons. The predicted octanol–water partition coefficient (Wildman–Crippen LogP) is 2.20. The van der Waals surface area contributed by atoms with Crippen molar-refractivity contribution in [3.05, 3.63) is 24.4 Å². The Bertz CT molecular complexity index is 460. The van der Waals surface area contributed by atoms with Crippen molar-refractivity contribution in [2.45, 2.75) is 0 Å². The van der Waals surface area contributed by atoms with Gasteiger partial charge in [-0.3, -0.25) is 0 Å². The highest BCUT2D eigenvalue weighted by Gasteiger charge is 2.07. The van der Waals surface area contributed by atoms with Crippen LogP contribution in [0.4, 0.5) is 0 Å². The first kappa shape index (κ1) is 8.94. The number of fused-ring (bicyclic) bond motifs is 1. The zero-order valence-corrected chi connectivity index (χ0v) is 8.57. The van der Waals surface area contributed by atoms with E-state index in [1.807, 2.05) is 25.4 Å². The smallest absolute Gasteiger partial charge is 0.162 e. The fourth-order valence-corrected chi connectivity index (χ4v) is 1.60. The van der Waals surface area contributed by atoms with Crippen LogP contribution in [0.2, 0.25) is 0 Å². The average Bonchev–Trinajstić information content (AvgIpc) is 2.58. The lowest BCUT2D eigenvalue weighted by atomic mass is 10.2. The van der Waals surface area contributed by atoms with Gasteiger partial charge in [-0.2, -0.15) is 0 Å². The van der Waals surface area contributed by atoms with Crippen molar-refractivity contribution in [2.75, 3.05) is 14.2 Å². The van der Waals surface area contributed by atoms with E-state index in [9.17, 15) is 0 Å². The number of aromatic nitrogens is 1. The summed E-state index contributed by atoms with van der Waals surface area (Å²) in [5.74, 6) is 1.54. The van der Waals surface area contributed by atoms with Crippen molar-refractivity contribution < 1.29 is 9.47 Å². The number of benzene rings is 1. The summed E-state index contributed by atoms with van der Waals surface area (Å²) < 4.78 is 12.5. The molecule has 3 heteroatoms. The number of hydrogen-bond acceptors (Lipinski definition) is 2. The molecule has 0 aliphatic carbocycles. The molecule has 1 aromatic carbocycles. The number of hydrogen-bond donors (Lipinski definition) is 0. The molecule has 0 saturated heterocycles. The molecule has 0 bridgehead atoms. The van der Waals surface area contributed by atoms with Crippen LogP contribution in [-0.4, -0.2) is 18.8 Å². The molecule has 0 N–H and O–H groups in total. The summed E-state index contributed by atoms with van der Waals surface area (Å²) in [6, 6.07) is 6.01. The molecule has 0 amide bonds. The second kappa shape index (κ2) is 3.25. The quantitative estimate of drug-likeness (QED) is 0.726. The zero-order valence-electron chi connectivity index (χ0n) is 8.57. The number of nitrogens with zero attached hydrogens (tertiary/aromatic N) is 1. The summed E-state index contributed by atoms with van der Waals surface area (Å²) in [7, 11) is 5.30. The summed E-state index contributed by atoms with van der Waals surface area (Å²) in [5.41, 5.74) is 1.14. The minimum Gasteiger partial charge on any atom is -0.493 e. The Hall–Kier alpha value is -1.64. The van der Waals surface area contributed by atoms with E-state index in [0.717, 1.165) is 22.4 Å². The van der Waals surface area contributed by atoms with Crippen LogP contribution in [0.3, 0.4) is 0 Å². The van der Waals surface area contributed by atoms with E-state index in [0.29, 0.717) is 0 Å². The molecule has 0 aliphatic rings. The van der Waals surface area contributed by atoms with Crippen LogP contribution in [0.1, 0.15) is 0 Å². The van der Waals surface area contributed by atoms with Gasteiger partial charge in [-0.15, -0.1) is 0 Å². The van der Waals surface area contributed by atoms with Gasteiger partial charge in [0.1, 0.15) is 0 Å². The van der Waals surface area contributed by atoms with Crippen molar-refractivity contribution in [2.24, 2.45) is 7.05 Å². The summed E-state index contributed by atoms with van der Waals surface area (Å²) >= 11 is 0.